The minimum Gasteiger partial charge on any atom is -0.296 e. The number of benzene rings is 1. The SMILES string of the molecule is CC(C)Cn1c(-c2cc(Cl)ccc2F)nnc1S(N)(=O)=O. The van der Waals surface area contributed by atoms with Crippen LogP contribution >= 0.6 is 11.6 Å². The molecule has 0 fully saturated rings. The summed E-state index contributed by atoms with van der Waals surface area (Å²) in [5, 5.41) is 12.4. The maximum Gasteiger partial charge on any atom is 0.273 e. The van der Waals surface area contributed by atoms with E-state index >= 15 is 0 Å². The second-order valence-corrected chi connectivity index (χ2v) is 6.87. The predicted octanol–water partition coefficient (Wildman–Crippen LogP) is 2.04. The van der Waals surface area contributed by atoms with Gasteiger partial charge in [0.15, 0.2) is 5.82 Å². The predicted molar refractivity (Wildman–Crippen MR) is 76.6 cm³/mol. The molecule has 21 heavy (non-hydrogen) atoms. The van der Waals surface area contributed by atoms with Gasteiger partial charge in [0.1, 0.15) is 5.82 Å². The average molecular weight is 333 g/mol. The van der Waals surface area contributed by atoms with Crippen molar-refractivity contribution in [2.45, 2.75) is 25.5 Å². The van der Waals surface area contributed by atoms with Crippen LogP contribution in [-0.4, -0.2) is 23.2 Å². The third kappa shape index (κ3) is 3.39. The van der Waals surface area contributed by atoms with Crippen LogP contribution in [0.15, 0.2) is 23.4 Å². The molecule has 0 amide bonds. The Hall–Kier alpha value is -1.51. The molecule has 114 valence electrons. The van der Waals surface area contributed by atoms with Crippen LogP contribution in [0, 0.1) is 11.7 Å². The molecule has 2 rings (SSSR count). The average Bonchev–Trinajstić information content (AvgIpc) is 2.74. The van der Waals surface area contributed by atoms with E-state index in [2.05, 4.69) is 10.2 Å². The maximum atomic E-state index is 14.0. The van der Waals surface area contributed by atoms with E-state index in [1.807, 2.05) is 13.8 Å². The highest BCUT2D eigenvalue weighted by molar-refractivity contribution is 7.89. The Balaban J connectivity index is 2.69. The summed E-state index contributed by atoms with van der Waals surface area (Å²) in [6.45, 7) is 4.04. The number of hydrogen-bond acceptors (Lipinski definition) is 4. The van der Waals surface area contributed by atoms with Crippen LogP contribution in [0.4, 0.5) is 4.39 Å². The van der Waals surface area contributed by atoms with Crippen molar-refractivity contribution in [3.05, 3.63) is 29.0 Å². The van der Waals surface area contributed by atoms with Gasteiger partial charge in [0, 0.05) is 11.6 Å². The van der Waals surface area contributed by atoms with E-state index in [0.717, 1.165) is 0 Å². The van der Waals surface area contributed by atoms with E-state index in [-0.39, 0.29) is 23.9 Å². The molecule has 0 saturated heterocycles. The second kappa shape index (κ2) is 5.70. The maximum absolute atomic E-state index is 14.0. The summed E-state index contributed by atoms with van der Waals surface area (Å²) < 4.78 is 38.4. The van der Waals surface area contributed by atoms with Gasteiger partial charge in [-0.05, 0) is 24.1 Å². The molecule has 0 unspecified atom stereocenters. The van der Waals surface area contributed by atoms with Crippen molar-refractivity contribution in [2.24, 2.45) is 11.1 Å². The summed E-state index contributed by atoms with van der Waals surface area (Å²) in [5.41, 5.74) is 0.0746. The van der Waals surface area contributed by atoms with E-state index in [9.17, 15) is 12.8 Å². The number of halogens is 2. The highest BCUT2D eigenvalue weighted by Crippen LogP contribution is 2.26. The van der Waals surface area contributed by atoms with Crippen molar-refractivity contribution < 1.29 is 12.8 Å². The van der Waals surface area contributed by atoms with Crippen LogP contribution in [-0.2, 0) is 16.6 Å². The first-order valence-corrected chi connectivity index (χ1v) is 8.04. The van der Waals surface area contributed by atoms with E-state index in [0.29, 0.717) is 5.02 Å². The minimum atomic E-state index is -4.06. The quantitative estimate of drug-likeness (QED) is 0.927. The lowest BCUT2D eigenvalue weighted by Gasteiger charge is -2.12. The van der Waals surface area contributed by atoms with E-state index in [1.165, 1.54) is 22.8 Å². The molecule has 1 aromatic heterocycles. The van der Waals surface area contributed by atoms with Crippen molar-refractivity contribution in [3.8, 4) is 11.4 Å². The molecule has 0 radical (unpaired) electrons. The summed E-state index contributed by atoms with van der Waals surface area (Å²) in [6, 6.07) is 3.94. The third-order valence-electron chi connectivity index (χ3n) is 2.69. The largest absolute Gasteiger partial charge is 0.296 e. The lowest BCUT2D eigenvalue weighted by molar-refractivity contribution is 0.485. The molecule has 1 heterocycles. The second-order valence-electron chi connectivity index (χ2n) is 4.98. The van der Waals surface area contributed by atoms with Gasteiger partial charge < -0.3 is 0 Å². The molecule has 0 spiro atoms. The number of nitrogens with two attached hydrogens (primary N) is 1. The Morgan fingerprint density at radius 2 is 2.05 bits per heavy atom. The smallest absolute Gasteiger partial charge is 0.273 e. The molecule has 9 heteroatoms. The van der Waals surface area contributed by atoms with Gasteiger partial charge in [-0.3, -0.25) is 4.57 Å². The zero-order chi connectivity index (χ0) is 15.8. The van der Waals surface area contributed by atoms with Crippen LogP contribution in [0.2, 0.25) is 5.02 Å². The molecule has 0 aliphatic carbocycles. The first-order valence-electron chi connectivity index (χ1n) is 6.11. The molecule has 2 N–H and O–H groups in total. The number of primary sulfonamides is 1. The summed E-state index contributed by atoms with van der Waals surface area (Å²) in [4.78, 5) is 0. The van der Waals surface area contributed by atoms with Gasteiger partial charge in [0.25, 0.3) is 15.2 Å². The molecule has 0 atom stereocenters. The zero-order valence-electron chi connectivity index (χ0n) is 11.4. The molecule has 0 bridgehead atoms. The molecule has 0 saturated carbocycles. The Morgan fingerprint density at radius 3 is 2.62 bits per heavy atom. The van der Waals surface area contributed by atoms with Crippen LogP contribution in [0.1, 0.15) is 13.8 Å². The first-order chi connectivity index (χ1) is 9.70. The fourth-order valence-corrected chi connectivity index (χ4v) is 2.69. The van der Waals surface area contributed by atoms with Gasteiger partial charge in [-0.2, -0.15) is 0 Å². The zero-order valence-corrected chi connectivity index (χ0v) is 13.0. The fraction of sp³-hybridized carbons (Fsp3) is 0.333. The molecular weight excluding hydrogens is 319 g/mol. The Kier molecular flexibility index (Phi) is 4.31. The van der Waals surface area contributed by atoms with Crippen LogP contribution in [0.25, 0.3) is 11.4 Å². The summed E-state index contributed by atoms with van der Waals surface area (Å²) in [6.07, 6.45) is 0. The fourth-order valence-electron chi connectivity index (χ4n) is 1.90. The van der Waals surface area contributed by atoms with Gasteiger partial charge in [-0.1, -0.05) is 25.4 Å². The standard InChI is InChI=1S/C12H14ClFN4O2S/c1-7(2)6-18-11(16-17-12(18)21(15,19)20)9-5-8(13)3-4-10(9)14/h3-5,7H,6H2,1-2H3,(H2,15,19,20). The lowest BCUT2D eigenvalue weighted by Crippen LogP contribution is -2.20. The van der Waals surface area contributed by atoms with E-state index in [1.54, 1.807) is 0 Å². The lowest BCUT2D eigenvalue weighted by atomic mass is 10.2. The first kappa shape index (κ1) is 15.9. The summed E-state index contributed by atoms with van der Waals surface area (Å²) >= 11 is 5.85. The number of nitrogens with zero attached hydrogens (tertiary/aromatic N) is 3. The number of rotatable bonds is 4. The molecular formula is C12H14ClFN4O2S. The number of aromatic nitrogens is 3. The number of hydrogen-bond donors (Lipinski definition) is 1. The summed E-state index contributed by atoms with van der Waals surface area (Å²) in [7, 11) is -4.06. The normalized spacial score (nSPS) is 12.1. The highest BCUT2D eigenvalue weighted by Gasteiger charge is 2.24. The van der Waals surface area contributed by atoms with Gasteiger partial charge in [-0.15, -0.1) is 10.2 Å². The van der Waals surface area contributed by atoms with Crippen molar-refractivity contribution >= 4 is 21.6 Å². The number of sulfonamides is 1. The van der Waals surface area contributed by atoms with Crippen LogP contribution in [0.3, 0.4) is 0 Å². The summed E-state index contributed by atoms with van der Waals surface area (Å²) in [5.74, 6) is -0.409. The van der Waals surface area contributed by atoms with E-state index in [4.69, 9.17) is 16.7 Å². The van der Waals surface area contributed by atoms with E-state index < -0.39 is 21.0 Å². The highest BCUT2D eigenvalue weighted by atomic mass is 35.5. The van der Waals surface area contributed by atoms with Gasteiger partial charge in [-0.25, -0.2) is 17.9 Å². The molecule has 6 nitrogen and oxygen atoms in total. The molecule has 0 aliphatic heterocycles. The monoisotopic (exact) mass is 332 g/mol. The van der Waals surface area contributed by atoms with Crippen molar-refractivity contribution in [1.82, 2.24) is 14.8 Å². The van der Waals surface area contributed by atoms with Crippen LogP contribution < -0.4 is 5.14 Å². The minimum absolute atomic E-state index is 0.0746. The molecule has 0 aliphatic rings. The van der Waals surface area contributed by atoms with Gasteiger partial charge in [0.05, 0.1) is 5.56 Å². The molecule has 2 aromatic rings. The topological polar surface area (TPSA) is 90.9 Å². The molecule has 1 aromatic carbocycles. The van der Waals surface area contributed by atoms with Crippen molar-refractivity contribution in [3.63, 3.8) is 0 Å². The Bertz CT molecular complexity index is 774. The third-order valence-corrected chi connectivity index (χ3v) is 3.73. The van der Waals surface area contributed by atoms with Crippen molar-refractivity contribution in [2.75, 3.05) is 0 Å². The van der Waals surface area contributed by atoms with Gasteiger partial charge >= 0.3 is 0 Å². The van der Waals surface area contributed by atoms with Gasteiger partial charge in [0.2, 0.25) is 0 Å². The van der Waals surface area contributed by atoms with Crippen LogP contribution in [0.5, 0.6) is 0 Å². The Morgan fingerprint density at radius 1 is 1.38 bits per heavy atom. The Labute approximate surface area is 126 Å². The van der Waals surface area contributed by atoms with Crippen molar-refractivity contribution in [1.29, 1.82) is 0 Å².